The fourth-order valence-electron chi connectivity index (χ4n) is 2.77. The number of hydrogen-bond donors (Lipinski definition) is 1. The minimum absolute atomic E-state index is 0.686. The summed E-state index contributed by atoms with van der Waals surface area (Å²) in [7, 11) is 0. The second kappa shape index (κ2) is 4.98. The maximum Gasteiger partial charge on any atom is 0.225 e. The van der Waals surface area contributed by atoms with E-state index in [2.05, 4.69) is 53.5 Å². The molecule has 3 aromatic rings. The molecule has 0 aromatic heterocycles. The molecule has 0 atom stereocenters. The number of para-hydroxylation sites is 1. The molecular weight excluding hydrogens is 268 g/mol. The van der Waals surface area contributed by atoms with Gasteiger partial charge < -0.3 is 0 Å². The summed E-state index contributed by atoms with van der Waals surface area (Å²) in [5.74, 6) is 0. The van der Waals surface area contributed by atoms with E-state index in [0.29, 0.717) is 5.56 Å². The Morgan fingerprint density at radius 2 is 1.50 bits per heavy atom. The van der Waals surface area contributed by atoms with Crippen LogP contribution in [0.4, 0.5) is 5.69 Å². The molecule has 0 spiro atoms. The molecule has 0 saturated heterocycles. The van der Waals surface area contributed by atoms with Crippen molar-refractivity contribution in [3.8, 4) is 17.2 Å². The van der Waals surface area contributed by atoms with Crippen molar-refractivity contribution in [1.82, 2.24) is 0 Å². The molecule has 2 heteroatoms. The van der Waals surface area contributed by atoms with E-state index in [-0.39, 0.29) is 0 Å². The minimum Gasteiger partial charge on any atom is -0.203 e. The second-order valence-corrected chi connectivity index (χ2v) is 5.32. The van der Waals surface area contributed by atoms with Gasteiger partial charge in [0.05, 0.1) is 11.6 Å². The van der Waals surface area contributed by atoms with Crippen molar-refractivity contribution in [3.63, 3.8) is 0 Å². The quantitative estimate of drug-likeness (QED) is 0.603. The molecule has 0 fully saturated rings. The molecule has 4 rings (SSSR count). The largest absolute Gasteiger partial charge is 0.225 e. The first-order chi connectivity index (χ1) is 10.8. The summed E-state index contributed by atoms with van der Waals surface area (Å²) in [5.41, 5.74) is 7.68. The standard InChI is InChI=1S/C20H12N2/c21-13-14-4-3-5-17(12-14)15-8-10-16(11-9-15)20-18-6-1-2-7-19(18)22-20/h1-12H/p+1. The highest BCUT2D eigenvalue weighted by molar-refractivity contribution is 6.15. The lowest BCUT2D eigenvalue weighted by atomic mass is 9.94. The van der Waals surface area contributed by atoms with Crippen molar-refractivity contribution in [2.24, 2.45) is 0 Å². The van der Waals surface area contributed by atoms with Gasteiger partial charge in [-0.15, -0.1) is 0 Å². The molecule has 2 nitrogen and oxygen atoms in total. The molecule has 1 aliphatic rings. The smallest absolute Gasteiger partial charge is 0.203 e. The summed E-state index contributed by atoms with van der Waals surface area (Å²) >= 11 is 0. The maximum absolute atomic E-state index is 9.00. The van der Waals surface area contributed by atoms with E-state index >= 15 is 0 Å². The SMILES string of the molecule is N#Cc1cccc(-c2ccc(C3=[NH+]c4ccccc43)cc2)c1. The Morgan fingerprint density at radius 3 is 2.27 bits per heavy atom. The van der Waals surface area contributed by atoms with Gasteiger partial charge in [-0.1, -0.05) is 36.4 Å². The molecule has 102 valence electrons. The number of nitriles is 1. The van der Waals surface area contributed by atoms with Crippen LogP contribution in [0.2, 0.25) is 0 Å². The molecule has 0 unspecified atom stereocenters. The Hall–Kier alpha value is -3.18. The predicted molar refractivity (Wildman–Crippen MR) is 86.9 cm³/mol. The highest BCUT2D eigenvalue weighted by atomic mass is 14.8. The summed E-state index contributed by atoms with van der Waals surface area (Å²) in [5, 5.41) is 9.00. The van der Waals surface area contributed by atoms with Gasteiger partial charge in [0.2, 0.25) is 11.4 Å². The van der Waals surface area contributed by atoms with E-state index in [1.807, 2.05) is 30.3 Å². The van der Waals surface area contributed by atoms with E-state index < -0.39 is 0 Å². The van der Waals surface area contributed by atoms with Gasteiger partial charge in [0, 0.05) is 11.6 Å². The first-order valence-electron chi connectivity index (χ1n) is 7.19. The molecule has 0 radical (unpaired) electrons. The zero-order chi connectivity index (χ0) is 14.9. The van der Waals surface area contributed by atoms with Crippen LogP contribution in [0.3, 0.4) is 0 Å². The van der Waals surface area contributed by atoms with Crippen LogP contribution >= 0.6 is 0 Å². The average molecular weight is 281 g/mol. The Balaban J connectivity index is 1.66. The average Bonchev–Trinajstić information content (AvgIpc) is 2.57. The Kier molecular flexibility index (Phi) is 2.84. The number of fused-ring (bicyclic) bond motifs is 1. The van der Waals surface area contributed by atoms with Crippen LogP contribution in [-0.4, -0.2) is 5.71 Å². The van der Waals surface area contributed by atoms with E-state index in [1.165, 1.54) is 22.5 Å². The second-order valence-electron chi connectivity index (χ2n) is 5.32. The van der Waals surface area contributed by atoms with E-state index in [1.54, 1.807) is 0 Å². The molecular formula is C20H13N2+. The van der Waals surface area contributed by atoms with Crippen molar-refractivity contribution in [1.29, 1.82) is 5.26 Å². The topological polar surface area (TPSA) is 37.8 Å². The van der Waals surface area contributed by atoms with Crippen molar-refractivity contribution < 1.29 is 4.99 Å². The molecule has 1 N–H and O–H groups in total. The third-order valence-corrected chi connectivity index (χ3v) is 3.95. The van der Waals surface area contributed by atoms with Crippen LogP contribution in [0.5, 0.6) is 0 Å². The summed E-state index contributed by atoms with van der Waals surface area (Å²) in [6.07, 6.45) is 0. The van der Waals surface area contributed by atoms with Gasteiger partial charge in [-0.25, -0.2) is 4.99 Å². The van der Waals surface area contributed by atoms with Gasteiger partial charge in [0.1, 0.15) is 5.56 Å². The van der Waals surface area contributed by atoms with Crippen LogP contribution in [-0.2, 0) is 0 Å². The Morgan fingerprint density at radius 1 is 0.727 bits per heavy atom. The first kappa shape index (κ1) is 12.6. The molecule has 3 aromatic carbocycles. The lowest BCUT2D eigenvalue weighted by Gasteiger charge is -2.11. The van der Waals surface area contributed by atoms with Crippen LogP contribution in [0.1, 0.15) is 16.7 Å². The highest BCUT2D eigenvalue weighted by Gasteiger charge is 2.27. The third-order valence-electron chi connectivity index (χ3n) is 3.95. The lowest BCUT2D eigenvalue weighted by molar-refractivity contribution is -0.367. The van der Waals surface area contributed by atoms with E-state index in [4.69, 9.17) is 5.26 Å². The monoisotopic (exact) mass is 281 g/mol. The lowest BCUT2D eigenvalue weighted by Crippen LogP contribution is -2.74. The number of rotatable bonds is 2. The summed E-state index contributed by atoms with van der Waals surface area (Å²) in [6, 6.07) is 26.6. The van der Waals surface area contributed by atoms with Gasteiger partial charge in [-0.3, -0.25) is 0 Å². The van der Waals surface area contributed by atoms with Crippen LogP contribution < -0.4 is 4.99 Å². The fraction of sp³-hybridized carbons (Fsp3) is 0. The van der Waals surface area contributed by atoms with Crippen molar-refractivity contribution in [3.05, 3.63) is 89.5 Å². The molecule has 0 saturated carbocycles. The van der Waals surface area contributed by atoms with Crippen LogP contribution in [0.25, 0.3) is 11.1 Å². The van der Waals surface area contributed by atoms with E-state index in [9.17, 15) is 0 Å². The number of hydrogen-bond acceptors (Lipinski definition) is 1. The summed E-state index contributed by atoms with van der Waals surface area (Å²) < 4.78 is 0. The molecule has 22 heavy (non-hydrogen) atoms. The maximum atomic E-state index is 9.00. The minimum atomic E-state index is 0.686. The van der Waals surface area contributed by atoms with Gasteiger partial charge in [0.15, 0.2) is 0 Å². The zero-order valence-electron chi connectivity index (χ0n) is 11.9. The number of nitrogens with one attached hydrogen (secondary N) is 1. The van der Waals surface area contributed by atoms with Gasteiger partial charge in [-0.2, -0.15) is 5.26 Å². The van der Waals surface area contributed by atoms with Crippen LogP contribution in [0, 0.1) is 11.3 Å². The predicted octanol–water partition coefficient (Wildman–Crippen LogP) is 2.79. The van der Waals surface area contributed by atoms with Gasteiger partial charge >= 0.3 is 0 Å². The summed E-state index contributed by atoms with van der Waals surface area (Å²) in [6.45, 7) is 0. The number of nitrogens with zero attached hydrogens (tertiary/aromatic N) is 1. The summed E-state index contributed by atoms with van der Waals surface area (Å²) in [4.78, 5) is 3.39. The normalized spacial score (nSPS) is 11.9. The fourth-order valence-corrected chi connectivity index (χ4v) is 2.77. The highest BCUT2D eigenvalue weighted by Crippen LogP contribution is 2.23. The molecule has 0 aliphatic carbocycles. The van der Waals surface area contributed by atoms with Crippen molar-refractivity contribution >= 4 is 11.4 Å². The zero-order valence-corrected chi connectivity index (χ0v) is 11.9. The Bertz CT molecular complexity index is 928. The van der Waals surface area contributed by atoms with Gasteiger partial charge in [0.25, 0.3) is 0 Å². The van der Waals surface area contributed by atoms with Gasteiger partial charge in [-0.05, 0) is 41.5 Å². The van der Waals surface area contributed by atoms with E-state index in [0.717, 1.165) is 11.1 Å². The Labute approximate surface area is 129 Å². The molecule has 0 amide bonds. The van der Waals surface area contributed by atoms with Crippen LogP contribution in [0.15, 0.2) is 72.8 Å². The molecule has 1 heterocycles. The van der Waals surface area contributed by atoms with Crippen molar-refractivity contribution in [2.75, 3.05) is 0 Å². The first-order valence-corrected chi connectivity index (χ1v) is 7.19. The van der Waals surface area contributed by atoms with Crippen molar-refractivity contribution in [2.45, 2.75) is 0 Å². The molecule has 0 bridgehead atoms. The third kappa shape index (κ3) is 2.01. The molecule has 1 aliphatic heterocycles. The number of benzene rings is 3.